The average Bonchev–Trinajstić information content (AvgIpc) is 2.90. The highest BCUT2D eigenvalue weighted by atomic mass is 32.1. The van der Waals surface area contributed by atoms with Gasteiger partial charge in [0, 0.05) is 44.7 Å². The van der Waals surface area contributed by atoms with Gasteiger partial charge in [0.25, 0.3) is 0 Å². The zero-order valence-electron chi connectivity index (χ0n) is 15.0. The molecule has 1 saturated heterocycles. The number of nitrogens with zero attached hydrogens (tertiary/aromatic N) is 4. The Bertz CT molecular complexity index is 740. The lowest BCUT2D eigenvalue weighted by Crippen LogP contribution is -2.50. The summed E-state index contributed by atoms with van der Waals surface area (Å²) >= 11 is 1.72. The second-order valence-electron chi connectivity index (χ2n) is 6.27. The fraction of sp³-hybridized carbons (Fsp3) is 0.588. The summed E-state index contributed by atoms with van der Waals surface area (Å²) in [6.07, 6.45) is 1.66. The van der Waals surface area contributed by atoms with Gasteiger partial charge in [0.05, 0.1) is 18.5 Å². The van der Waals surface area contributed by atoms with Crippen LogP contribution in [0.1, 0.15) is 10.4 Å². The highest BCUT2D eigenvalue weighted by Crippen LogP contribution is 2.34. The third-order valence-corrected chi connectivity index (χ3v) is 5.73. The van der Waals surface area contributed by atoms with Crippen LogP contribution in [0, 0.1) is 13.8 Å². The van der Waals surface area contributed by atoms with E-state index in [1.165, 1.54) is 15.8 Å². The molecule has 3 rings (SSSR count). The predicted octanol–water partition coefficient (Wildman–Crippen LogP) is 1.19. The van der Waals surface area contributed by atoms with E-state index < -0.39 is 0 Å². The van der Waals surface area contributed by atoms with Crippen molar-refractivity contribution in [3.8, 4) is 0 Å². The number of fused-ring (bicyclic) bond motifs is 1. The largest absolute Gasteiger partial charge is 0.383 e. The Morgan fingerprint density at radius 3 is 2.76 bits per heavy atom. The van der Waals surface area contributed by atoms with E-state index in [0.717, 1.165) is 36.8 Å². The summed E-state index contributed by atoms with van der Waals surface area (Å²) in [5.41, 5.74) is 1.27. The minimum Gasteiger partial charge on any atom is -0.383 e. The summed E-state index contributed by atoms with van der Waals surface area (Å²) < 4.78 is 4.95. The lowest BCUT2D eigenvalue weighted by molar-refractivity contribution is -0.122. The van der Waals surface area contributed by atoms with Crippen molar-refractivity contribution in [2.75, 3.05) is 57.9 Å². The molecule has 7 nitrogen and oxygen atoms in total. The van der Waals surface area contributed by atoms with Crippen molar-refractivity contribution < 1.29 is 9.53 Å². The topological polar surface area (TPSA) is 70.6 Å². The van der Waals surface area contributed by atoms with Crippen LogP contribution < -0.4 is 10.2 Å². The van der Waals surface area contributed by atoms with Crippen LogP contribution in [0.2, 0.25) is 0 Å². The smallest absolute Gasteiger partial charge is 0.234 e. The number of hydrogen-bond acceptors (Lipinski definition) is 7. The molecule has 136 valence electrons. The molecule has 8 heteroatoms. The van der Waals surface area contributed by atoms with E-state index in [4.69, 9.17) is 4.74 Å². The number of anilines is 1. The molecule has 0 bridgehead atoms. The Kier molecular flexibility index (Phi) is 5.82. The van der Waals surface area contributed by atoms with Crippen LogP contribution in [0.5, 0.6) is 0 Å². The molecule has 0 spiro atoms. The Balaban J connectivity index is 1.60. The van der Waals surface area contributed by atoms with Gasteiger partial charge in [-0.1, -0.05) is 0 Å². The molecule has 0 unspecified atom stereocenters. The first-order valence-corrected chi connectivity index (χ1v) is 9.35. The quantitative estimate of drug-likeness (QED) is 0.778. The molecule has 25 heavy (non-hydrogen) atoms. The van der Waals surface area contributed by atoms with Gasteiger partial charge < -0.3 is 15.0 Å². The van der Waals surface area contributed by atoms with Gasteiger partial charge in [0.15, 0.2) is 0 Å². The van der Waals surface area contributed by atoms with Crippen molar-refractivity contribution in [3.05, 3.63) is 16.8 Å². The summed E-state index contributed by atoms with van der Waals surface area (Å²) in [6, 6.07) is 0. The number of nitrogens with one attached hydrogen (secondary N) is 1. The maximum atomic E-state index is 11.9. The van der Waals surface area contributed by atoms with Gasteiger partial charge in [-0.05, 0) is 19.4 Å². The fourth-order valence-corrected chi connectivity index (χ4v) is 4.06. The normalized spacial score (nSPS) is 15.7. The van der Waals surface area contributed by atoms with Crippen LogP contribution in [-0.4, -0.2) is 73.8 Å². The molecule has 1 N–H and O–H groups in total. The molecule has 1 aliphatic rings. The summed E-state index contributed by atoms with van der Waals surface area (Å²) in [5.74, 6) is 1.08. The lowest BCUT2D eigenvalue weighted by atomic mass is 10.2. The van der Waals surface area contributed by atoms with Crippen LogP contribution in [-0.2, 0) is 9.53 Å². The van der Waals surface area contributed by atoms with Gasteiger partial charge in [0.1, 0.15) is 17.0 Å². The van der Waals surface area contributed by atoms with E-state index in [1.807, 2.05) is 0 Å². The van der Waals surface area contributed by atoms with Crippen molar-refractivity contribution in [1.82, 2.24) is 20.2 Å². The van der Waals surface area contributed by atoms with E-state index in [1.54, 1.807) is 24.8 Å². The van der Waals surface area contributed by atoms with Crippen LogP contribution >= 0.6 is 11.3 Å². The Morgan fingerprint density at radius 2 is 2.04 bits per heavy atom. The summed E-state index contributed by atoms with van der Waals surface area (Å²) in [5, 5.41) is 4.05. The molecule has 0 aromatic carbocycles. The monoisotopic (exact) mass is 363 g/mol. The first-order chi connectivity index (χ1) is 12.1. The minimum absolute atomic E-state index is 0.0548. The third kappa shape index (κ3) is 4.08. The maximum Gasteiger partial charge on any atom is 0.234 e. The van der Waals surface area contributed by atoms with Crippen LogP contribution in [0.3, 0.4) is 0 Å². The van der Waals surface area contributed by atoms with E-state index in [-0.39, 0.29) is 5.91 Å². The average molecular weight is 363 g/mol. The van der Waals surface area contributed by atoms with E-state index in [0.29, 0.717) is 19.7 Å². The van der Waals surface area contributed by atoms with E-state index in [9.17, 15) is 4.79 Å². The van der Waals surface area contributed by atoms with Gasteiger partial charge >= 0.3 is 0 Å². The number of piperazine rings is 1. The predicted molar refractivity (Wildman–Crippen MR) is 100 cm³/mol. The standard InChI is InChI=1S/C17H25N5O2S/c1-12-13(2)25-17-15(12)16(19-11-20-17)22-7-5-21(6-8-22)10-14(23)18-4-9-24-3/h11H,4-10H2,1-3H3,(H,18,23). The molecule has 1 aliphatic heterocycles. The molecular formula is C17H25N5O2S. The molecule has 0 atom stereocenters. The number of carbonyl (C=O) groups is 1. The van der Waals surface area contributed by atoms with Crippen molar-refractivity contribution in [2.45, 2.75) is 13.8 Å². The number of thiophene rings is 1. The highest BCUT2D eigenvalue weighted by molar-refractivity contribution is 7.18. The van der Waals surface area contributed by atoms with Crippen molar-refractivity contribution in [3.63, 3.8) is 0 Å². The number of aryl methyl sites for hydroxylation is 2. The number of hydrogen-bond donors (Lipinski definition) is 1. The zero-order chi connectivity index (χ0) is 17.8. The molecule has 0 saturated carbocycles. The fourth-order valence-electron chi connectivity index (χ4n) is 3.07. The van der Waals surface area contributed by atoms with Crippen LogP contribution in [0.15, 0.2) is 6.33 Å². The molecule has 1 fully saturated rings. The van der Waals surface area contributed by atoms with Gasteiger partial charge in [-0.2, -0.15) is 0 Å². The highest BCUT2D eigenvalue weighted by Gasteiger charge is 2.23. The molecule has 2 aromatic rings. The molecule has 2 aromatic heterocycles. The van der Waals surface area contributed by atoms with Gasteiger partial charge in [-0.15, -0.1) is 11.3 Å². The molecular weight excluding hydrogens is 338 g/mol. The number of methoxy groups -OCH3 is 1. The van der Waals surface area contributed by atoms with Crippen LogP contribution in [0.4, 0.5) is 5.82 Å². The van der Waals surface area contributed by atoms with Gasteiger partial charge in [-0.25, -0.2) is 9.97 Å². The summed E-state index contributed by atoms with van der Waals surface area (Å²) in [6.45, 7) is 9.25. The Morgan fingerprint density at radius 1 is 1.28 bits per heavy atom. The first kappa shape index (κ1) is 18.0. The number of amides is 1. The summed E-state index contributed by atoms with van der Waals surface area (Å²) in [7, 11) is 1.63. The van der Waals surface area contributed by atoms with E-state index >= 15 is 0 Å². The SMILES string of the molecule is COCCNC(=O)CN1CCN(c2ncnc3sc(C)c(C)c23)CC1. The second-order valence-corrected chi connectivity index (χ2v) is 7.47. The number of carbonyl (C=O) groups excluding carboxylic acids is 1. The number of aromatic nitrogens is 2. The van der Waals surface area contributed by atoms with Gasteiger partial charge in [-0.3, -0.25) is 9.69 Å². The Labute approximate surface area is 152 Å². The summed E-state index contributed by atoms with van der Waals surface area (Å²) in [4.78, 5) is 27.7. The van der Waals surface area contributed by atoms with Crippen molar-refractivity contribution in [1.29, 1.82) is 0 Å². The molecule has 0 aliphatic carbocycles. The molecule has 3 heterocycles. The number of rotatable bonds is 6. The zero-order valence-corrected chi connectivity index (χ0v) is 15.9. The van der Waals surface area contributed by atoms with E-state index in [2.05, 4.69) is 38.9 Å². The lowest BCUT2D eigenvalue weighted by Gasteiger charge is -2.35. The Hall–Kier alpha value is -1.77. The minimum atomic E-state index is 0.0548. The first-order valence-electron chi connectivity index (χ1n) is 8.53. The number of ether oxygens (including phenoxy) is 1. The maximum absolute atomic E-state index is 11.9. The second kappa shape index (κ2) is 8.07. The van der Waals surface area contributed by atoms with Crippen molar-refractivity contribution in [2.24, 2.45) is 0 Å². The third-order valence-electron chi connectivity index (χ3n) is 4.61. The molecule has 0 radical (unpaired) electrons. The molecule has 1 amide bonds. The van der Waals surface area contributed by atoms with Crippen molar-refractivity contribution >= 4 is 33.3 Å². The van der Waals surface area contributed by atoms with Gasteiger partial charge in [0.2, 0.25) is 5.91 Å². The van der Waals surface area contributed by atoms with Crippen LogP contribution in [0.25, 0.3) is 10.2 Å².